The molecule has 1 nitrogen and oxygen atoms in total. The average Bonchev–Trinajstić information content (AvgIpc) is 2.32. The maximum atomic E-state index is 4.00. The fourth-order valence-corrected chi connectivity index (χ4v) is 2.44. The molecule has 1 atom stereocenters. The molecule has 18 heavy (non-hydrogen) atoms. The van der Waals surface area contributed by atoms with E-state index in [1.807, 2.05) is 0 Å². The van der Waals surface area contributed by atoms with Gasteiger partial charge in [0.15, 0.2) is 0 Å². The Labute approximate surface area is 120 Å². The Bertz CT molecular complexity index is 398. The first kappa shape index (κ1) is 15.5. The first-order chi connectivity index (χ1) is 8.54. The zero-order chi connectivity index (χ0) is 13.5. The van der Waals surface area contributed by atoms with E-state index < -0.39 is 0 Å². The van der Waals surface area contributed by atoms with Crippen molar-refractivity contribution < 1.29 is 0 Å². The number of hydrogen-bond donors (Lipinski definition) is 1. The van der Waals surface area contributed by atoms with Crippen molar-refractivity contribution in [3.63, 3.8) is 0 Å². The third kappa shape index (κ3) is 4.95. The van der Waals surface area contributed by atoms with Gasteiger partial charge in [0.05, 0.1) is 0 Å². The first-order valence-corrected chi connectivity index (χ1v) is 7.47. The van der Waals surface area contributed by atoms with Crippen molar-refractivity contribution in [2.45, 2.75) is 46.1 Å². The Balaban J connectivity index is 2.85. The van der Waals surface area contributed by atoms with Crippen LogP contribution in [0.5, 0.6) is 0 Å². The summed E-state index contributed by atoms with van der Waals surface area (Å²) in [5.41, 5.74) is 4.01. The van der Waals surface area contributed by atoms with E-state index in [0.717, 1.165) is 30.3 Å². The van der Waals surface area contributed by atoms with Crippen molar-refractivity contribution >= 4 is 15.9 Å². The van der Waals surface area contributed by atoms with Gasteiger partial charge in [-0.05, 0) is 62.9 Å². The summed E-state index contributed by atoms with van der Waals surface area (Å²) in [5.74, 6) is 0. The highest BCUT2D eigenvalue weighted by atomic mass is 79.9. The van der Waals surface area contributed by atoms with Gasteiger partial charge < -0.3 is 5.32 Å². The molecule has 0 fully saturated rings. The molecule has 0 aromatic heterocycles. The third-order valence-electron chi connectivity index (χ3n) is 3.12. The van der Waals surface area contributed by atoms with E-state index in [2.05, 4.69) is 66.8 Å². The lowest BCUT2D eigenvalue weighted by Gasteiger charge is -2.21. The molecule has 1 aromatic rings. The van der Waals surface area contributed by atoms with Crippen LogP contribution >= 0.6 is 15.9 Å². The summed E-state index contributed by atoms with van der Waals surface area (Å²) in [7, 11) is 0. The quantitative estimate of drug-likeness (QED) is 0.686. The van der Waals surface area contributed by atoms with Crippen molar-refractivity contribution in [2.75, 3.05) is 6.54 Å². The van der Waals surface area contributed by atoms with Crippen LogP contribution in [0.1, 0.15) is 50.3 Å². The molecule has 1 aromatic carbocycles. The Hall–Kier alpha value is -0.600. The standard InChI is InChI=1S/C16H24BrN/c1-5-10-18-16(9-6-12(2)3)15-11-14(17)8-7-13(15)4/h7-8,11,16,18H,2,5-6,9-10H2,1,3-4H3. The maximum absolute atomic E-state index is 4.00. The monoisotopic (exact) mass is 309 g/mol. The van der Waals surface area contributed by atoms with Crippen LogP contribution in [0.2, 0.25) is 0 Å². The second kappa shape index (κ2) is 7.75. The highest BCUT2D eigenvalue weighted by Gasteiger charge is 2.13. The Morgan fingerprint density at radius 2 is 2.17 bits per heavy atom. The Morgan fingerprint density at radius 1 is 1.44 bits per heavy atom. The van der Waals surface area contributed by atoms with Crippen LogP contribution in [0.25, 0.3) is 0 Å². The number of halogens is 1. The smallest absolute Gasteiger partial charge is 0.0326 e. The van der Waals surface area contributed by atoms with Crippen molar-refractivity contribution in [3.8, 4) is 0 Å². The lowest BCUT2D eigenvalue weighted by Crippen LogP contribution is -2.23. The molecular weight excluding hydrogens is 286 g/mol. The van der Waals surface area contributed by atoms with E-state index in [9.17, 15) is 0 Å². The predicted octanol–water partition coefficient (Wildman–Crippen LogP) is 5.15. The molecule has 0 bridgehead atoms. The van der Waals surface area contributed by atoms with E-state index in [4.69, 9.17) is 0 Å². The molecule has 100 valence electrons. The number of rotatable bonds is 7. The van der Waals surface area contributed by atoms with Crippen LogP contribution in [-0.4, -0.2) is 6.54 Å². The zero-order valence-corrected chi connectivity index (χ0v) is 13.3. The molecule has 1 unspecified atom stereocenters. The van der Waals surface area contributed by atoms with Crippen molar-refractivity contribution in [1.82, 2.24) is 5.32 Å². The average molecular weight is 310 g/mol. The number of hydrogen-bond acceptors (Lipinski definition) is 1. The van der Waals surface area contributed by atoms with Crippen LogP contribution in [0.3, 0.4) is 0 Å². The highest BCUT2D eigenvalue weighted by Crippen LogP contribution is 2.26. The predicted molar refractivity (Wildman–Crippen MR) is 84.0 cm³/mol. The minimum Gasteiger partial charge on any atom is -0.310 e. The molecule has 0 saturated carbocycles. The summed E-state index contributed by atoms with van der Waals surface area (Å²) in [5, 5.41) is 3.65. The molecule has 0 aliphatic heterocycles. The van der Waals surface area contributed by atoms with Crippen LogP contribution < -0.4 is 5.32 Å². The first-order valence-electron chi connectivity index (χ1n) is 6.68. The van der Waals surface area contributed by atoms with Gasteiger partial charge in [-0.3, -0.25) is 0 Å². The van der Waals surface area contributed by atoms with Gasteiger partial charge >= 0.3 is 0 Å². The van der Waals surface area contributed by atoms with Crippen LogP contribution in [0, 0.1) is 6.92 Å². The summed E-state index contributed by atoms with van der Waals surface area (Å²) < 4.78 is 1.15. The van der Waals surface area contributed by atoms with Gasteiger partial charge in [-0.2, -0.15) is 0 Å². The van der Waals surface area contributed by atoms with E-state index >= 15 is 0 Å². The fourth-order valence-electron chi connectivity index (χ4n) is 2.06. The molecular formula is C16H24BrN. The second-order valence-electron chi connectivity index (χ2n) is 5.00. The van der Waals surface area contributed by atoms with E-state index in [-0.39, 0.29) is 0 Å². The van der Waals surface area contributed by atoms with Crippen molar-refractivity contribution in [1.29, 1.82) is 0 Å². The maximum Gasteiger partial charge on any atom is 0.0326 e. The minimum absolute atomic E-state index is 0.430. The Morgan fingerprint density at radius 3 is 2.78 bits per heavy atom. The molecule has 2 heteroatoms. The van der Waals surface area contributed by atoms with Crippen LogP contribution in [0.15, 0.2) is 34.8 Å². The molecule has 0 aliphatic rings. The zero-order valence-electron chi connectivity index (χ0n) is 11.7. The fraction of sp³-hybridized carbons (Fsp3) is 0.500. The van der Waals surface area contributed by atoms with Gasteiger partial charge in [0, 0.05) is 10.5 Å². The van der Waals surface area contributed by atoms with Gasteiger partial charge in [0.25, 0.3) is 0 Å². The lowest BCUT2D eigenvalue weighted by molar-refractivity contribution is 0.496. The summed E-state index contributed by atoms with van der Waals surface area (Å²) in [6.45, 7) is 11.6. The SMILES string of the molecule is C=C(C)CCC(NCCC)c1cc(Br)ccc1C. The molecule has 0 radical (unpaired) electrons. The van der Waals surface area contributed by atoms with Gasteiger partial charge in [0.2, 0.25) is 0 Å². The van der Waals surface area contributed by atoms with E-state index in [1.54, 1.807) is 0 Å². The normalized spacial score (nSPS) is 12.4. The molecule has 0 amide bonds. The molecule has 0 saturated heterocycles. The minimum atomic E-state index is 0.430. The van der Waals surface area contributed by atoms with Crippen LogP contribution in [0.4, 0.5) is 0 Å². The highest BCUT2D eigenvalue weighted by molar-refractivity contribution is 9.10. The number of benzene rings is 1. The third-order valence-corrected chi connectivity index (χ3v) is 3.61. The number of aryl methyl sites for hydroxylation is 1. The Kier molecular flexibility index (Phi) is 6.66. The van der Waals surface area contributed by atoms with Gasteiger partial charge in [-0.1, -0.05) is 34.5 Å². The molecule has 1 rings (SSSR count). The summed E-state index contributed by atoms with van der Waals surface area (Å²) >= 11 is 3.57. The summed E-state index contributed by atoms with van der Waals surface area (Å²) in [6, 6.07) is 6.95. The largest absolute Gasteiger partial charge is 0.310 e. The van der Waals surface area contributed by atoms with E-state index in [0.29, 0.717) is 6.04 Å². The van der Waals surface area contributed by atoms with Gasteiger partial charge in [0.1, 0.15) is 0 Å². The number of allylic oxidation sites excluding steroid dienone is 1. The van der Waals surface area contributed by atoms with Crippen molar-refractivity contribution in [3.05, 3.63) is 46.0 Å². The molecule has 1 N–H and O–H groups in total. The lowest BCUT2D eigenvalue weighted by atomic mass is 9.96. The van der Waals surface area contributed by atoms with E-state index in [1.165, 1.54) is 16.7 Å². The summed E-state index contributed by atoms with van der Waals surface area (Å²) in [6.07, 6.45) is 3.36. The topological polar surface area (TPSA) is 12.0 Å². The molecule has 0 aliphatic carbocycles. The van der Waals surface area contributed by atoms with Crippen molar-refractivity contribution in [2.24, 2.45) is 0 Å². The summed E-state index contributed by atoms with van der Waals surface area (Å²) in [4.78, 5) is 0. The van der Waals surface area contributed by atoms with Gasteiger partial charge in [-0.15, -0.1) is 6.58 Å². The van der Waals surface area contributed by atoms with Crippen LogP contribution in [-0.2, 0) is 0 Å². The van der Waals surface area contributed by atoms with Gasteiger partial charge in [-0.25, -0.2) is 0 Å². The molecule has 0 heterocycles. The number of nitrogens with one attached hydrogen (secondary N) is 1. The molecule has 0 spiro atoms. The second-order valence-corrected chi connectivity index (χ2v) is 5.92.